The molecule has 0 saturated heterocycles. The highest BCUT2D eigenvalue weighted by atomic mass is 16.4. The largest absolute Gasteiger partial charge is 0.436 e. The molecular formula is C120H76N2O2. The van der Waals surface area contributed by atoms with Gasteiger partial charge in [0.2, 0.25) is 11.8 Å². The zero-order chi connectivity index (χ0) is 82.0. The highest BCUT2D eigenvalue weighted by Gasteiger charge is 2.29. The van der Waals surface area contributed by atoms with E-state index in [1.807, 2.05) is 24.3 Å². The lowest BCUT2D eigenvalue weighted by Crippen LogP contribution is -1.98. The first-order valence-corrected chi connectivity index (χ1v) is 42.4. The van der Waals surface area contributed by atoms with Crippen LogP contribution in [0, 0.1) is 0 Å². The lowest BCUT2D eigenvalue weighted by atomic mass is 9.78. The summed E-state index contributed by atoms with van der Waals surface area (Å²) in [7, 11) is 0. The minimum absolute atomic E-state index is 0.568. The second-order valence-corrected chi connectivity index (χ2v) is 31.9. The SMILES string of the molecule is c1ccc(-c2cc(-c3ccc(-c4c5ccccc5c(-c5nc6ccc(-c7cccc(-c8c(-c9ccccc9)c(-c9ccccc9)cc(-c9cccc(-c%10c%11ccccc%11c(-c%11ccc(-c%12nc%13ccccc%13o%12)cc%11)c%11ccccc%10%11)c9)c8-c8ccccc8)c7)cc6o5)c5ccccc45)cc3)c(-c3ccccc3)c(-c3ccccc3)c2-c2ccccc2)cc1. The second kappa shape index (κ2) is 31.1. The molecule has 0 saturated carbocycles. The lowest BCUT2D eigenvalue weighted by molar-refractivity contribution is 0.620. The van der Waals surface area contributed by atoms with Gasteiger partial charge in [-0.05, 0) is 260 Å². The number of benzene rings is 21. The molecule has 21 aromatic carbocycles. The van der Waals surface area contributed by atoms with Gasteiger partial charge in [0.1, 0.15) is 11.0 Å². The van der Waals surface area contributed by atoms with E-state index in [4.69, 9.17) is 18.8 Å². The summed E-state index contributed by atoms with van der Waals surface area (Å²) < 4.78 is 13.5. The van der Waals surface area contributed by atoms with Crippen molar-refractivity contribution in [1.82, 2.24) is 9.97 Å². The maximum Gasteiger partial charge on any atom is 0.228 e. The summed E-state index contributed by atoms with van der Waals surface area (Å²) in [4.78, 5) is 10.3. The summed E-state index contributed by atoms with van der Waals surface area (Å²) in [5.74, 6) is 1.17. The second-order valence-electron chi connectivity index (χ2n) is 31.9. The third kappa shape index (κ3) is 12.9. The standard InChI is InChI=1S/C120H76N2O2/c1-8-34-77(35-9-1)101-75-103(113(81-40-14-4-15-41-81)116(84-46-20-7-21-47-84)112(101)80-38-12-3-13-39-80)79-62-64-85(65-63-79)110-97-56-26-28-58-99(97)118(100-59-29-27-57-98(100)110)120-122-106-71-70-89(74-108(106)124-120)88-48-32-51-92(72-88)117-114(82-42-16-5-17-43-82)102(78-36-10-2-11-37-78)76-104(115(117)83-44-18-6-19-45-83)90-49-33-50-91(73-90)111-95-54-24-22-52-93(95)109(94-53-23-25-55-96(94)111)86-66-68-87(69-67-86)119-121-105-60-30-31-61-107(105)123-119/h1-76H. The van der Waals surface area contributed by atoms with Crippen LogP contribution in [0.25, 0.3) is 244 Å². The van der Waals surface area contributed by atoms with Crippen molar-refractivity contribution in [1.29, 1.82) is 0 Å². The monoisotopic (exact) mass is 1580 g/mol. The predicted octanol–water partition coefficient (Wildman–Crippen LogP) is 33.3. The van der Waals surface area contributed by atoms with E-state index in [2.05, 4.69) is 437 Å². The number of hydrogen-bond donors (Lipinski definition) is 0. The number of hydrogen-bond acceptors (Lipinski definition) is 4. The molecule has 0 aliphatic rings. The fraction of sp³-hybridized carbons (Fsp3) is 0. The van der Waals surface area contributed by atoms with Crippen LogP contribution in [0.5, 0.6) is 0 Å². The molecule has 578 valence electrons. The number of fused-ring (bicyclic) bond motifs is 6. The van der Waals surface area contributed by atoms with Crippen molar-refractivity contribution in [3.8, 4) is 179 Å². The lowest BCUT2D eigenvalue weighted by Gasteiger charge is -2.25. The first-order chi connectivity index (χ1) is 61.5. The third-order valence-electron chi connectivity index (χ3n) is 24.7. The van der Waals surface area contributed by atoms with Crippen molar-refractivity contribution in [2.75, 3.05) is 0 Å². The van der Waals surface area contributed by atoms with Crippen LogP contribution in [-0.4, -0.2) is 9.97 Å². The van der Waals surface area contributed by atoms with Crippen LogP contribution in [0.2, 0.25) is 0 Å². The van der Waals surface area contributed by atoms with Gasteiger partial charge in [0.15, 0.2) is 11.2 Å². The Morgan fingerprint density at radius 2 is 0.379 bits per heavy atom. The molecule has 2 aromatic heterocycles. The molecule has 23 rings (SSSR count). The van der Waals surface area contributed by atoms with E-state index < -0.39 is 0 Å². The van der Waals surface area contributed by atoms with Gasteiger partial charge < -0.3 is 8.83 Å². The molecule has 4 nitrogen and oxygen atoms in total. The van der Waals surface area contributed by atoms with Crippen molar-refractivity contribution in [2.45, 2.75) is 0 Å². The van der Waals surface area contributed by atoms with Crippen LogP contribution in [0.1, 0.15) is 0 Å². The van der Waals surface area contributed by atoms with Gasteiger partial charge in [0, 0.05) is 5.56 Å². The Hall–Kier alpha value is -16.4. The summed E-state index contributed by atoms with van der Waals surface area (Å²) >= 11 is 0. The Morgan fingerprint density at radius 1 is 0.129 bits per heavy atom. The molecule has 0 N–H and O–H groups in total. The van der Waals surface area contributed by atoms with Gasteiger partial charge in [-0.15, -0.1) is 0 Å². The van der Waals surface area contributed by atoms with E-state index in [0.29, 0.717) is 17.4 Å². The van der Waals surface area contributed by atoms with Crippen LogP contribution in [-0.2, 0) is 0 Å². The minimum Gasteiger partial charge on any atom is -0.436 e. The molecule has 0 unspecified atom stereocenters. The van der Waals surface area contributed by atoms with Crippen LogP contribution in [0.4, 0.5) is 0 Å². The zero-order valence-electron chi connectivity index (χ0n) is 67.6. The molecule has 0 aliphatic carbocycles. The number of rotatable bonds is 16. The minimum atomic E-state index is 0.568. The molecule has 0 amide bonds. The van der Waals surface area contributed by atoms with Crippen molar-refractivity contribution < 1.29 is 8.83 Å². The number of nitrogens with zero attached hydrogens (tertiary/aromatic N) is 2. The molecule has 124 heavy (non-hydrogen) atoms. The van der Waals surface area contributed by atoms with Crippen molar-refractivity contribution in [3.05, 3.63) is 461 Å². The highest BCUT2D eigenvalue weighted by molar-refractivity contribution is 6.23. The van der Waals surface area contributed by atoms with E-state index in [9.17, 15) is 0 Å². The predicted molar refractivity (Wildman–Crippen MR) is 519 cm³/mol. The van der Waals surface area contributed by atoms with E-state index in [0.717, 1.165) is 166 Å². The van der Waals surface area contributed by atoms with Gasteiger partial charge in [-0.1, -0.05) is 400 Å². The Morgan fingerprint density at radius 3 is 0.806 bits per heavy atom. The summed E-state index contributed by atoms with van der Waals surface area (Å²) in [5.41, 5.74) is 36.8. The molecule has 4 heteroatoms. The number of oxazole rings is 2. The van der Waals surface area contributed by atoms with Crippen molar-refractivity contribution >= 4 is 65.3 Å². The van der Waals surface area contributed by atoms with Crippen LogP contribution in [0.3, 0.4) is 0 Å². The van der Waals surface area contributed by atoms with Gasteiger partial charge in [0.05, 0.1) is 5.56 Å². The number of aromatic nitrogens is 2. The summed E-state index contributed by atoms with van der Waals surface area (Å²) in [5, 5.41) is 9.04. The van der Waals surface area contributed by atoms with Crippen LogP contribution in [0.15, 0.2) is 470 Å². The first-order valence-electron chi connectivity index (χ1n) is 42.4. The maximum absolute atomic E-state index is 7.23. The molecule has 0 radical (unpaired) electrons. The third-order valence-corrected chi connectivity index (χ3v) is 24.7. The average Bonchev–Trinajstić information content (AvgIpc) is 0.906. The Balaban J connectivity index is 0.649. The Kier molecular flexibility index (Phi) is 18.2. The Bertz CT molecular complexity index is 7880. The van der Waals surface area contributed by atoms with Gasteiger partial charge in [-0.25, -0.2) is 9.97 Å². The molecule has 23 aromatic rings. The number of para-hydroxylation sites is 2. The van der Waals surface area contributed by atoms with Gasteiger partial charge >= 0.3 is 0 Å². The van der Waals surface area contributed by atoms with Crippen LogP contribution >= 0.6 is 0 Å². The molecule has 0 fully saturated rings. The van der Waals surface area contributed by atoms with Crippen molar-refractivity contribution in [3.63, 3.8) is 0 Å². The molecule has 0 spiro atoms. The maximum atomic E-state index is 7.23. The molecule has 0 bridgehead atoms. The van der Waals surface area contributed by atoms with Gasteiger partial charge in [-0.2, -0.15) is 0 Å². The topological polar surface area (TPSA) is 52.1 Å². The highest BCUT2D eigenvalue weighted by Crippen LogP contribution is 2.55. The smallest absolute Gasteiger partial charge is 0.228 e. The average molecular weight is 1580 g/mol. The fourth-order valence-corrected chi connectivity index (χ4v) is 19.2. The molecule has 2 heterocycles. The molecule has 0 atom stereocenters. The molecule has 0 aliphatic heterocycles. The van der Waals surface area contributed by atoms with E-state index in [1.54, 1.807) is 0 Å². The normalized spacial score (nSPS) is 11.5. The zero-order valence-corrected chi connectivity index (χ0v) is 67.6. The summed E-state index contributed by atoms with van der Waals surface area (Å²) in [6.07, 6.45) is 0. The van der Waals surface area contributed by atoms with Crippen molar-refractivity contribution in [2.24, 2.45) is 0 Å². The summed E-state index contributed by atoms with van der Waals surface area (Å²) in [6, 6.07) is 168. The summed E-state index contributed by atoms with van der Waals surface area (Å²) in [6.45, 7) is 0. The van der Waals surface area contributed by atoms with Gasteiger partial charge in [-0.3, -0.25) is 0 Å². The first kappa shape index (κ1) is 72.8. The van der Waals surface area contributed by atoms with Crippen LogP contribution < -0.4 is 0 Å². The fourth-order valence-electron chi connectivity index (χ4n) is 19.2. The quantitative estimate of drug-likeness (QED) is 0.0905. The van der Waals surface area contributed by atoms with E-state index >= 15 is 0 Å². The van der Waals surface area contributed by atoms with E-state index in [1.165, 1.54) is 60.5 Å². The Labute approximate surface area is 718 Å². The molecular weight excluding hydrogens is 1500 g/mol. The van der Waals surface area contributed by atoms with E-state index in [-0.39, 0.29) is 0 Å². The van der Waals surface area contributed by atoms with Gasteiger partial charge in [0.25, 0.3) is 0 Å².